The zero-order chi connectivity index (χ0) is 15.0. The quantitative estimate of drug-likeness (QED) is 0.918. The highest BCUT2D eigenvalue weighted by Crippen LogP contribution is 2.44. The van der Waals surface area contributed by atoms with Crippen molar-refractivity contribution in [1.29, 1.82) is 0 Å². The van der Waals surface area contributed by atoms with Crippen LogP contribution in [0, 0.1) is 11.3 Å². The Morgan fingerprint density at radius 2 is 2.05 bits per heavy atom. The van der Waals surface area contributed by atoms with Crippen LogP contribution >= 0.6 is 0 Å². The van der Waals surface area contributed by atoms with Gasteiger partial charge >= 0.3 is 0 Å². The fourth-order valence-electron chi connectivity index (χ4n) is 4.27. The molecule has 0 bridgehead atoms. The summed E-state index contributed by atoms with van der Waals surface area (Å²) in [5, 5.41) is 0. The predicted molar refractivity (Wildman–Crippen MR) is 87.3 cm³/mol. The topological polar surface area (TPSA) is 43.8 Å². The van der Waals surface area contributed by atoms with E-state index < -0.39 is 0 Å². The molecule has 0 amide bonds. The van der Waals surface area contributed by atoms with Gasteiger partial charge in [0.25, 0.3) is 0 Å². The third kappa shape index (κ3) is 2.77. The molecule has 3 rings (SSSR count). The summed E-state index contributed by atoms with van der Waals surface area (Å²) in [4.78, 5) is 4.68. The Hall–Kier alpha value is -0.830. The molecule has 2 N–H and O–H groups in total. The zero-order valence-electron chi connectivity index (χ0n) is 13.9. The highest BCUT2D eigenvalue weighted by atomic mass is 15.1. The number of rotatable bonds is 3. The molecular weight excluding hydrogens is 258 g/mol. The van der Waals surface area contributed by atoms with E-state index in [2.05, 4.69) is 36.6 Å². The fraction of sp³-hybridized carbons (Fsp3) is 0.833. The van der Waals surface area contributed by atoms with Gasteiger partial charge in [0.1, 0.15) is 0 Å². The molecule has 118 valence electrons. The number of hydrogen-bond acceptors (Lipinski definition) is 2. The van der Waals surface area contributed by atoms with E-state index in [9.17, 15) is 0 Å². The van der Waals surface area contributed by atoms with E-state index in [4.69, 9.17) is 5.73 Å². The van der Waals surface area contributed by atoms with Gasteiger partial charge in [-0.25, -0.2) is 4.98 Å². The Kier molecular flexibility index (Phi) is 4.13. The first-order chi connectivity index (χ1) is 10.0. The molecule has 1 saturated carbocycles. The first kappa shape index (κ1) is 15.1. The van der Waals surface area contributed by atoms with Crippen LogP contribution in [0.1, 0.15) is 76.7 Å². The third-order valence-electron chi connectivity index (χ3n) is 6.30. The van der Waals surface area contributed by atoms with Crippen molar-refractivity contribution in [3.63, 3.8) is 0 Å². The van der Waals surface area contributed by atoms with Gasteiger partial charge in [-0.2, -0.15) is 0 Å². The highest BCUT2D eigenvalue weighted by molar-refractivity contribution is 5.18. The standard InChI is InChI=1S/C18H31N3/c1-4-18(2,3)13-9-10-14(19)17(11-13)21-12-20-15-7-5-6-8-16(15)21/h12-14,17H,4-11,19H2,1-3H3. The van der Waals surface area contributed by atoms with E-state index in [1.54, 1.807) is 0 Å². The Labute approximate surface area is 129 Å². The minimum absolute atomic E-state index is 0.300. The van der Waals surface area contributed by atoms with Gasteiger partial charge in [-0.15, -0.1) is 0 Å². The van der Waals surface area contributed by atoms with Gasteiger partial charge in [0, 0.05) is 11.7 Å². The first-order valence-electron chi connectivity index (χ1n) is 8.83. The summed E-state index contributed by atoms with van der Waals surface area (Å²) in [7, 11) is 0. The maximum absolute atomic E-state index is 6.50. The van der Waals surface area contributed by atoms with Gasteiger partial charge in [-0.1, -0.05) is 27.2 Å². The number of imidazole rings is 1. The van der Waals surface area contributed by atoms with Crippen molar-refractivity contribution in [3.8, 4) is 0 Å². The average Bonchev–Trinajstić information content (AvgIpc) is 2.91. The molecule has 0 saturated heterocycles. The Balaban J connectivity index is 1.84. The molecular formula is C18H31N3. The van der Waals surface area contributed by atoms with Crippen molar-refractivity contribution in [1.82, 2.24) is 9.55 Å². The van der Waals surface area contributed by atoms with E-state index in [0.29, 0.717) is 17.5 Å². The van der Waals surface area contributed by atoms with Crippen LogP contribution in [0.4, 0.5) is 0 Å². The molecule has 0 radical (unpaired) electrons. The van der Waals surface area contributed by atoms with E-state index in [-0.39, 0.29) is 0 Å². The van der Waals surface area contributed by atoms with Crippen LogP contribution in [-0.2, 0) is 12.8 Å². The van der Waals surface area contributed by atoms with Crippen molar-refractivity contribution in [2.24, 2.45) is 17.1 Å². The van der Waals surface area contributed by atoms with Crippen LogP contribution < -0.4 is 5.73 Å². The molecule has 21 heavy (non-hydrogen) atoms. The summed E-state index contributed by atoms with van der Waals surface area (Å²) >= 11 is 0. The third-order valence-corrected chi connectivity index (χ3v) is 6.30. The summed E-state index contributed by atoms with van der Waals surface area (Å²) in [6, 6.07) is 0.762. The fourth-order valence-corrected chi connectivity index (χ4v) is 4.27. The molecule has 3 unspecified atom stereocenters. The van der Waals surface area contributed by atoms with Gasteiger partial charge in [0.05, 0.1) is 18.1 Å². The summed E-state index contributed by atoms with van der Waals surface area (Å²) in [6.45, 7) is 7.17. The first-order valence-corrected chi connectivity index (χ1v) is 8.83. The van der Waals surface area contributed by atoms with Crippen molar-refractivity contribution in [3.05, 3.63) is 17.7 Å². The average molecular weight is 289 g/mol. The number of nitrogens with two attached hydrogens (primary N) is 1. The van der Waals surface area contributed by atoms with Crippen LogP contribution in [0.5, 0.6) is 0 Å². The van der Waals surface area contributed by atoms with E-state index >= 15 is 0 Å². The summed E-state index contributed by atoms with van der Waals surface area (Å²) < 4.78 is 2.46. The van der Waals surface area contributed by atoms with Crippen LogP contribution in [0.25, 0.3) is 0 Å². The van der Waals surface area contributed by atoms with Crippen molar-refractivity contribution >= 4 is 0 Å². The lowest BCUT2D eigenvalue weighted by atomic mass is 9.67. The predicted octanol–water partition coefficient (Wildman–Crippen LogP) is 3.87. The lowest BCUT2D eigenvalue weighted by Crippen LogP contribution is -2.41. The Morgan fingerprint density at radius 3 is 2.81 bits per heavy atom. The molecule has 3 nitrogen and oxygen atoms in total. The van der Waals surface area contributed by atoms with Gasteiger partial charge in [0.15, 0.2) is 0 Å². The zero-order valence-corrected chi connectivity index (χ0v) is 13.9. The SMILES string of the molecule is CCC(C)(C)C1CCC(N)C(n2cnc3c2CCCC3)C1. The van der Waals surface area contributed by atoms with E-state index in [0.717, 1.165) is 18.8 Å². The number of nitrogens with zero attached hydrogens (tertiary/aromatic N) is 2. The van der Waals surface area contributed by atoms with Crippen molar-refractivity contribution in [2.75, 3.05) is 0 Å². The van der Waals surface area contributed by atoms with Gasteiger partial charge in [-0.05, 0) is 56.3 Å². The number of fused-ring (bicyclic) bond motifs is 1. The van der Waals surface area contributed by atoms with E-state index in [1.165, 1.54) is 49.9 Å². The monoisotopic (exact) mass is 289 g/mol. The van der Waals surface area contributed by atoms with E-state index in [1.807, 2.05) is 0 Å². The molecule has 0 aromatic carbocycles. The maximum Gasteiger partial charge on any atom is 0.0954 e. The Bertz CT molecular complexity index is 489. The molecule has 3 heteroatoms. The van der Waals surface area contributed by atoms with Crippen LogP contribution in [-0.4, -0.2) is 15.6 Å². The van der Waals surface area contributed by atoms with Crippen LogP contribution in [0.3, 0.4) is 0 Å². The second kappa shape index (κ2) is 5.75. The molecule has 3 atom stereocenters. The Morgan fingerprint density at radius 1 is 1.29 bits per heavy atom. The second-order valence-corrected chi connectivity index (χ2v) is 7.84. The van der Waals surface area contributed by atoms with Crippen molar-refractivity contribution in [2.45, 2.75) is 84.2 Å². The van der Waals surface area contributed by atoms with Gasteiger partial charge in [0.2, 0.25) is 0 Å². The molecule has 1 aromatic heterocycles. The maximum atomic E-state index is 6.50. The van der Waals surface area contributed by atoms with Crippen LogP contribution in [0.2, 0.25) is 0 Å². The normalized spacial score (nSPS) is 30.2. The molecule has 2 aliphatic rings. The number of aromatic nitrogens is 2. The summed E-state index contributed by atoms with van der Waals surface area (Å²) in [5.41, 5.74) is 9.75. The number of aryl methyl sites for hydroxylation is 1. The van der Waals surface area contributed by atoms with Gasteiger partial charge < -0.3 is 10.3 Å². The largest absolute Gasteiger partial charge is 0.330 e. The van der Waals surface area contributed by atoms with Gasteiger partial charge in [-0.3, -0.25) is 0 Å². The summed E-state index contributed by atoms with van der Waals surface area (Å²) in [5.74, 6) is 0.786. The van der Waals surface area contributed by atoms with Crippen LogP contribution in [0.15, 0.2) is 6.33 Å². The van der Waals surface area contributed by atoms with Crippen molar-refractivity contribution < 1.29 is 0 Å². The molecule has 1 aromatic rings. The highest BCUT2D eigenvalue weighted by Gasteiger charge is 2.37. The smallest absolute Gasteiger partial charge is 0.0954 e. The number of hydrogen-bond donors (Lipinski definition) is 1. The molecule has 1 fully saturated rings. The minimum Gasteiger partial charge on any atom is -0.330 e. The second-order valence-electron chi connectivity index (χ2n) is 7.84. The molecule has 0 aliphatic heterocycles. The molecule has 0 spiro atoms. The summed E-state index contributed by atoms with van der Waals surface area (Å²) in [6.07, 6.45) is 12.0. The molecule has 1 heterocycles. The minimum atomic E-state index is 0.300. The lowest BCUT2D eigenvalue weighted by molar-refractivity contribution is 0.110. The molecule has 2 aliphatic carbocycles. The lowest BCUT2D eigenvalue weighted by Gasteiger charge is -2.43.